The van der Waals surface area contributed by atoms with Crippen molar-refractivity contribution < 1.29 is 4.92 Å². The molecule has 0 atom stereocenters. The van der Waals surface area contributed by atoms with Crippen LogP contribution in [0.1, 0.15) is 12.5 Å². The number of nitrogens with one attached hydrogen (secondary N) is 2. The summed E-state index contributed by atoms with van der Waals surface area (Å²) < 4.78 is 0. The zero-order chi connectivity index (χ0) is 15.2. The molecule has 6 heteroatoms. The monoisotopic (exact) mass is 305 g/mol. The van der Waals surface area contributed by atoms with Gasteiger partial charge in [-0.3, -0.25) is 10.1 Å². The van der Waals surface area contributed by atoms with Gasteiger partial charge in [-0.25, -0.2) is 0 Å². The molecule has 0 aliphatic heterocycles. The number of rotatable bonds is 6. The molecule has 5 nitrogen and oxygen atoms in total. The Labute approximate surface area is 128 Å². The number of para-hydroxylation sites is 1. The maximum absolute atomic E-state index is 11.3. The summed E-state index contributed by atoms with van der Waals surface area (Å²) in [5.41, 5.74) is 1.92. The van der Waals surface area contributed by atoms with Crippen molar-refractivity contribution in [1.29, 1.82) is 0 Å². The Bertz CT molecular complexity index is 647. The Morgan fingerprint density at radius 2 is 1.76 bits per heavy atom. The molecule has 0 saturated heterocycles. The van der Waals surface area contributed by atoms with Gasteiger partial charge in [0, 0.05) is 18.1 Å². The van der Waals surface area contributed by atoms with Gasteiger partial charge in [0.1, 0.15) is 11.4 Å². The Balaban J connectivity index is 2.25. The van der Waals surface area contributed by atoms with Crippen LogP contribution in [0.15, 0.2) is 42.5 Å². The van der Waals surface area contributed by atoms with E-state index in [0.717, 1.165) is 5.56 Å². The van der Waals surface area contributed by atoms with Crippen molar-refractivity contribution in [2.24, 2.45) is 0 Å². The lowest BCUT2D eigenvalue weighted by molar-refractivity contribution is -0.383. The maximum atomic E-state index is 11.3. The highest BCUT2D eigenvalue weighted by Crippen LogP contribution is 2.33. The predicted octanol–water partition coefficient (Wildman–Crippen LogP) is 4.29. The third-order valence-electron chi connectivity index (χ3n) is 3.01. The van der Waals surface area contributed by atoms with Crippen molar-refractivity contribution in [2.45, 2.75) is 13.5 Å². The molecule has 0 spiro atoms. The van der Waals surface area contributed by atoms with Crippen LogP contribution in [0.4, 0.5) is 17.1 Å². The largest absolute Gasteiger partial charge is 0.380 e. The molecule has 2 rings (SSSR count). The van der Waals surface area contributed by atoms with E-state index in [1.165, 1.54) is 0 Å². The highest BCUT2D eigenvalue weighted by atomic mass is 35.5. The molecule has 0 heterocycles. The van der Waals surface area contributed by atoms with E-state index >= 15 is 0 Å². The summed E-state index contributed by atoms with van der Waals surface area (Å²) >= 11 is 6.09. The van der Waals surface area contributed by atoms with Gasteiger partial charge in [-0.05, 0) is 30.7 Å². The minimum atomic E-state index is -0.382. The summed E-state index contributed by atoms with van der Waals surface area (Å²) in [5, 5.41) is 18.0. The molecular formula is C15H16ClN3O2. The second kappa shape index (κ2) is 6.95. The molecule has 0 aromatic heterocycles. The van der Waals surface area contributed by atoms with Crippen LogP contribution in [0.3, 0.4) is 0 Å². The van der Waals surface area contributed by atoms with Crippen LogP contribution in [0.5, 0.6) is 0 Å². The van der Waals surface area contributed by atoms with E-state index in [9.17, 15) is 10.1 Å². The highest BCUT2D eigenvalue weighted by Gasteiger charge is 2.19. The Hall–Kier alpha value is -2.27. The molecule has 0 saturated carbocycles. The molecule has 0 aliphatic carbocycles. The number of halogens is 1. The first kappa shape index (κ1) is 15.1. The van der Waals surface area contributed by atoms with E-state index in [0.29, 0.717) is 29.5 Å². The number of hydrogen-bond acceptors (Lipinski definition) is 4. The molecule has 0 aliphatic rings. The normalized spacial score (nSPS) is 10.2. The van der Waals surface area contributed by atoms with Crippen molar-refractivity contribution in [3.8, 4) is 0 Å². The van der Waals surface area contributed by atoms with Gasteiger partial charge in [0.15, 0.2) is 0 Å². The lowest BCUT2D eigenvalue weighted by atomic mass is 10.2. The lowest BCUT2D eigenvalue weighted by Crippen LogP contribution is -2.06. The van der Waals surface area contributed by atoms with E-state index in [1.54, 1.807) is 24.3 Å². The average molecular weight is 306 g/mol. The number of nitrogens with zero attached hydrogens (tertiary/aromatic N) is 1. The molecule has 2 aromatic rings. The molecule has 0 radical (unpaired) electrons. The predicted molar refractivity (Wildman–Crippen MR) is 86.0 cm³/mol. The first-order valence-corrected chi connectivity index (χ1v) is 6.99. The second-order valence-electron chi connectivity index (χ2n) is 4.43. The lowest BCUT2D eigenvalue weighted by Gasteiger charge is -2.11. The van der Waals surface area contributed by atoms with Crippen LogP contribution in [0, 0.1) is 10.1 Å². The summed E-state index contributed by atoms with van der Waals surface area (Å²) in [6.45, 7) is 2.94. The van der Waals surface area contributed by atoms with Crippen molar-refractivity contribution >= 4 is 28.7 Å². The average Bonchev–Trinajstić information content (AvgIpc) is 2.46. The van der Waals surface area contributed by atoms with E-state index in [1.807, 2.05) is 25.1 Å². The minimum absolute atomic E-state index is 0.0476. The summed E-state index contributed by atoms with van der Waals surface area (Å²) in [7, 11) is 0. The summed E-state index contributed by atoms with van der Waals surface area (Å²) in [6.07, 6.45) is 0. The zero-order valence-electron chi connectivity index (χ0n) is 11.6. The third kappa shape index (κ3) is 3.64. The maximum Gasteiger partial charge on any atom is 0.315 e. The third-order valence-corrected chi connectivity index (χ3v) is 3.38. The Kier molecular flexibility index (Phi) is 5.00. The summed E-state index contributed by atoms with van der Waals surface area (Å²) in [6, 6.07) is 12.6. The fourth-order valence-electron chi connectivity index (χ4n) is 2.05. The number of benzene rings is 2. The van der Waals surface area contributed by atoms with Gasteiger partial charge in [-0.15, -0.1) is 0 Å². The molecule has 2 N–H and O–H groups in total. The van der Waals surface area contributed by atoms with E-state index in [4.69, 9.17) is 11.6 Å². The van der Waals surface area contributed by atoms with Crippen LogP contribution in [0.25, 0.3) is 0 Å². The number of nitro groups is 1. The van der Waals surface area contributed by atoms with Crippen LogP contribution in [-0.4, -0.2) is 11.5 Å². The minimum Gasteiger partial charge on any atom is -0.380 e. The molecular weight excluding hydrogens is 290 g/mol. The topological polar surface area (TPSA) is 67.2 Å². The van der Waals surface area contributed by atoms with Crippen molar-refractivity contribution in [3.63, 3.8) is 0 Å². The number of nitro benzene ring substituents is 1. The molecule has 0 amide bonds. The number of anilines is 2. The molecule has 0 bridgehead atoms. The van der Waals surface area contributed by atoms with Gasteiger partial charge in [0.05, 0.1) is 4.92 Å². The zero-order valence-corrected chi connectivity index (χ0v) is 12.4. The smallest absolute Gasteiger partial charge is 0.315 e. The quantitative estimate of drug-likeness (QED) is 0.617. The molecule has 2 aromatic carbocycles. The van der Waals surface area contributed by atoms with Gasteiger partial charge in [0.2, 0.25) is 0 Å². The highest BCUT2D eigenvalue weighted by molar-refractivity contribution is 6.31. The molecule has 0 unspecified atom stereocenters. The molecule has 0 fully saturated rings. The van der Waals surface area contributed by atoms with E-state index < -0.39 is 0 Å². The van der Waals surface area contributed by atoms with E-state index in [2.05, 4.69) is 10.6 Å². The fraction of sp³-hybridized carbons (Fsp3) is 0.200. The van der Waals surface area contributed by atoms with Crippen molar-refractivity contribution in [1.82, 2.24) is 0 Å². The number of hydrogen-bond donors (Lipinski definition) is 2. The summed E-state index contributed by atoms with van der Waals surface area (Å²) in [4.78, 5) is 10.9. The first-order valence-electron chi connectivity index (χ1n) is 6.62. The first-order chi connectivity index (χ1) is 10.1. The summed E-state index contributed by atoms with van der Waals surface area (Å²) in [5.74, 6) is 0. The van der Waals surface area contributed by atoms with Gasteiger partial charge in [-0.2, -0.15) is 0 Å². The van der Waals surface area contributed by atoms with Crippen LogP contribution < -0.4 is 10.6 Å². The Morgan fingerprint density at radius 1 is 1.10 bits per heavy atom. The van der Waals surface area contributed by atoms with Crippen molar-refractivity contribution in [3.05, 3.63) is 63.2 Å². The molecule has 21 heavy (non-hydrogen) atoms. The van der Waals surface area contributed by atoms with Gasteiger partial charge in [-0.1, -0.05) is 35.9 Å². The standard InChI is InChI=1S/C15H16ClN3O2/c1-2-17-13-8-5-9-14(15(13)19(20)21)18-10-11-6-3-4-7-12(11)16/h3-9,17-18H,2,10H2,1H3. The van der Waals surface area contributed by atoms with Crippen molar-refractivity contribution in [2.75, 3.05) is 17.2 Å². The van der Waals surface area contributed by atoms with Crippen LogP contribution >= 0.6 is 11.6 Å². The Morgan fingerprint density at radius 3 is 2.38 bits per heavy atom. The fourth-order valence-corrected chi connectivity index (χ4v) is 2.25. The molecule has 110 valence electrons. The van der Waals surface area contributed by atoms with E-state index in [-0.39, 0.29) is 10.6 Å². The van der Waals surface area contributed by atoms with Gasteiger partial charge >= 0.3 is 5.69 Å². The van der Waals surface area contributed by atoms with Gasteiger partial charge < -0.3 is 10.6 Å². The SMILES string of the molecule is CCNc1cccc(NCc2ccccc2Cl)c1[N+](=O)[O-]. The van der Waals surface area contributed by atoms with Crippen LogP contribution in [0.2, 0.25) is 5.02 Å². The second-order valence-corrected chi connectivity index (χ2v) is 4.84. The van der Waals surface area contributed by atoms with Crippen LogP contribution in [-0.2, 0) is 6.54 Å². The van der Waals surface area contributed by atoms with Gasteiger partial charge in [0.25, 0.3) is 0 Å².